The largest absolute Gasteiger partial charge is 0.467 e. The van der Waals surface area contributed by atoms with Crippen molar-refractivity contribution in [1.29, 1.82) is 0 Å². The topological polar surface area (TPSA) is 62.6 Å². The molecule has 3 rings (SSSR count). The second-order valence-corrected chi connectivity index (χ2v) is 7.10. The number of nitrogens with zero attached hydrogens (tertiary/aromatic N) is 1. The minimum absolute atomic E-state index is 0.0526. The van der Waals surface area contributed by atoms with E-state index in [0.29, 0.717) is 11.4 Å². The van der Waals surface area contributed by atoms with Crippen LogP contribution in [-0.4, -0.2) is 28.8 Å². The van der Waals surface area contributed by atoms with Crippen LogP contribution in [0.2, 0.25) is 0 Å². The molecule has 0 radical (unpaired) electrons. The monoisotopic (exact) mass is 346 g/mol. The normalized spacial score (nSPS) is 16.0. The number of rotatable bonds is 6. The van der Waals surface area contributed by atoms with Crippen LogP contribution in [-0.2, 0) is 11.3 Å². The second-order valence-electron chi connectivity index (χ2n) is 6.16. The quantitative estimate of drug-likeness (QED) is 0.871. The molecule has 1 aliphatic rings. The Labute approximate surface area is 145 Å². The zero-order valence-corrected chi connectivity index (χ0v) is 14.6. The fourth-order valence-corrected chi connectivity index (χ4v) is 3.79. The molecule has 1 atom stereocenters. The Bertz CT molecular complexity index is 661. The van der Waals surface area contributed by atoms with E-state index in [1.807, 2.05) is 28.5 Å². The van der Waals surface area contributed by atoms with Crippen molar-refractivity contribution in [2.75, 3.05) is 0 Å². The molecule has 5 nitrogen and oxygen atoms in total. The summed E-state index contributed by atoms with van der Waals surface area (Å²) in [7, 11) is 0. The highest BCUT2D eigenvalue weighted by Crippen LogP contribution is 2.26. The molecule has 24 heavy (non-hydrogen) atoms. The van der Waals surface area contributed by atoms with Gasteiger partial charge in [0.25, 0.3) is 5.91 Å². The Hall–Kier alpha value is -2.08. The van der Waals surface area contributed by atoms with E-state index >= 15 is 0 Å². The summed E-state index contributed by atoms with van der Waals surface area (Å²) < 4.78 is 5.41. The lowest BCUT2D eigenvalue weighted by Gasteiger charge is -2.31. The van der Waals surface area contributed by atoms with Crippen molar-refractivity contribution in [3.63, 3.8) is 0 Å². The lowest BCUT2D eigenvalue weighted by atomic mass is 10.1. The van der Waals surface area contributed by atoms with E-state index in [0.717, 1.165) is 31.4 Å². The molecule has 0 saturated heterocycles. The number of hydrogen-bond acceptors (Lipinski definition) is 4. The number of carbonyl (C=O) groups excluding carboxylic acids is 2. The zero-order chi connectivity index (χ0) is 16.9. The van der Waals surface area contributed by atoms with Gasteiger partial charge >= 0.3 is 0 Å². The minimum Gasteiger partial charge on any atom is -0.467 e. The molecule has 2 amide bonds. The lowest BCUT2D eigenvalue weighted by molar-refractivity contribution is -0.136. The first kappa shape index (κ1) is 16.8. The molecule has 1 N–H and O–H groups in total. The van der Waals surface area contributed by atoms with Gasteiger partial charge in [0.15, 0.2) is 0 Å². The van der Waals surface area contributed by atoms with E-state index in [1.165, 1.54) is 11.3 Å². The van der Waals surface area contributed by atoms with Crippen molar-refractivity contribution in [3.05, 3.63) is 46.5 Å². The van der Waals surface area contributed by atoms with E-state index in [9.17, 15) is 9.59 Å². The number of thiophene rings is 1. The molecular formula is C18H22N2O3S. The highest BCUT2D eigenvalue weighted by atomic mass is 32.1. The van der Waals surface area contributed by atoms with Gasteiger partial charge in [-0.3, -0.25) is 9.59 Å². The molecule has 0 unspecified atom stereocenters. The van der Waals surface area contributed by atoms with Crippen LogP contribution >= 0.6 is 11.3 Å². The number of amides is 2. The van der Waals surface area contributed by atoms with E-state index in [2.05, 4.69) is 5.32 Å². The van der Waals surface area contributed by atoms with Crippen molar-refractivity contribution in [2.24, 2.45) is 0 Å². The molecule has 0 aliphatic heterocycles. The van der Waals surface area contributed by atoms with E-state index in [-0.39, 0.29) is 17.9 Å². The summed E-state index contributed by atoms with van der Waals surface area (Å²) >= 11 is 1.37. The SMILES string of the molecule is C[C@H](NC(=O)c1cccs1)C(=O)N(Cc1ccco1)C1CCCC1. The summed E-state index contributed by atoms with van der Waals surface area (Å²) in [5, 5.41) is 4.67. The van der Waals surface area contributed by atoms with E-state index in [4.69, 9.17) is 4.42 Å². The molecule has 1 fully saturated rings. The molecule has 0 spiro atoms. The molecule has 6 heteroatoms. The molecular weight excluding hydrogens is 324 g/mol. The first-order valence-corrected chi connectivity index (χ1v) is 9.20. The number of furan rings is 1. The van der Waals surface area contributed by atoms with Crippen LogP contribution in [0.5, 0.6) is 0 Å². The zero-order valence-electron chi connectivity index (χ0n) is 13.7. The first-order chi connectivity index (χ1) is 11.6. The fraction of sp³-hybridized carbons (Fsp3) is 0.444. The average molecular weight is 346 g/mol. The van der Waals surface area contributed by atoms with Crippen molar-refractivity contribution < 1.29 is 14.0 Å². The van der Waals surface area contributed by atoms with Crippen LogP contribution < -0.4 is 5.32 Å². The van der Waals surface area contributed by atoms with Crippen LogP contribution in [0.3, 0.4) is 0 Å². The Morgan fingerprint density at radius 3 is 2.75 bits per heavy atom. The smallest absolute Gasteiger partial charge is 0.261 e. The maximum atomic E-state index is 12.9. The van der Waals surface area contributed by atoms with Crippen LogP contribution in [0.1, 0.15) is 48.0 Å². The number of carbonyl (C=O) groups is 2. The Balaban J connectivity index is 1.68. The summed E-state index contributed by atoms with van der Waals surface area (Å²) in [6.07, 6.45) is 5.93. The number of nitrogens with one attached hydrogen (secondary N) is 1. The summed E-state index contributed by atoms with van der Waals surface area (Å²) in [5.41, 5.74) is 0. The van der Waals surface area contributed by atoms with Gasteiger partial charge in [-0.25, -0.2) is 0 Å². The van der Waals surface area contributed by atoms with Crippen LogP contribution in [0, 0.1) is 0 Å². The molecule has 2 aromatic heterocycles. The fourth-order valence-electron chi connectivity index (χ4n) is 3.16. The van der Waals surface area contributed by atoms with E-state index < -0.39 is 6.04 Å². The standard InChI is InChI=1S/C18H22N2O3S/c1-13(19-17(21)16-9-5-11-24-16)18(22)20(14-6-2-3-7-14)12-15-8-4-10-23-15/h4-5,8-11,13-14H,2-3,6-7,12H2,1H3,(H,19,21)/t13-/m0/s1. The highest BCUT2D eigenvalue weighted by molar-refractivity contribution is 7.12. The van der Waals surface area contributed by atoms with Crippen molar-refractivity contribution in [3.8, 4) is 0 Å². The Kier molecular flexibility index (Phi) is 5.35. The third-order valence-corrected chi connectivity index (χ3v) is 5.29. The molecule has 1 aliphatic carbocycles. The summed E-state index contributed by atoms with van der Waals surface area (Å²) in [5.74, 6) is 0.519. The van der Waals surface area contributed by atoms with Gasteiger partial charge < -0.3 is 14.6 Å². The van der Waals surface area contributed by atoms with Crippen LogP contribution in [0.15, 0.2) is 40.3 Å². The summed E-state index contributed by atoms with van der Waals surface area (Å²) in [6.45, 7) is 2.20. The lowest BCUT2D eigenvalue weighted by Crippen LogP contribution is -2.49. The third-order valence-electron chi connectivity index (χ3n) is 4.42. The molecule has 0 aromatic carbocycles. The van der Waals surface area contributed by atoms with E-state index in [1.54, 1.807) is 19.3 Å². The highest BCUT2D eigenvalue weighted by Gasteiger charge is 2.31. The second kappa shape index (κ2) is 7.66. The summed E-state index contributed by atoms with van der Waals surface area (Å²) in [4.78, 5) is 27.6. The predicted octanol–water partition coefficient (Wildman–Crippen LogP) is 3.43. The Morgan fingerprint density at radius 2 is 2.12 bits per heavy atom. The molecule has 1 saturated carbocycles. The molecule has 128 valence electrons. The molecule has 0 bridgehead atoms. The number of hydrogen-bond donors (Lipinski definition) is 1. The minimum atomic E-state index is -0.560. The van der Waals surface area contributed by atoms with Gasteiger partial charge in [0.1, 0.15) is 11.8 Å². The van der Waals surface area contributed by atoms with Gasteiger partial charge in [0.05, 0.1) is 17.7 Å². The van der Waals surface area contributed by atoms with Gasteiger partial charge in [-0.15, -0.1) is 11.3 Å². The summed E-state index contributed by atoms with van der Waals surface area (Å²) in [6, 6.07) is 6.96. The van der Waals surface area contributed by atoms with Crippen molar-refractivity contribution >= 4 is 23.2 Å². The van der Waals surface area contributed by atoms with Gasteiger partial charge in [0, 0.05) is 6.04 Å². The van der Waals surface area contributed by atoms with Crippen LogP contribution in [0.25, 0.3) is 0 Å². The Morgan fingerprint density at radius 1 is 1.33 bits per heavy atom. The average Bonchev–Trinajstić information content (AvgIpc) is 3.35. The maximum absolute atomic E-state index is 12.9. The first-order valence-electron chi connectivity index (χ1n) is 8.32. The van der Waals surface area contributed by atoms with Gasteiger partial charge in [-0.1, -0.05) is 18.9 Å². The third kappa shape index (κ3) is 3.87. The van der Waals surface area contributed by atoms with Gasteiger partial charge in [-0.2, -0.15) is 0 Å². The van der Waals surface area contributed by atoms with Gasteiger partial charge in [-0.05, 0) is 43.3 Å². The molecule has 2 heterocycles. The van der Waals surface area contributed by atoms with Crippen molar-refractivity contribution in [1.82, 2.24) is 10.2 Å². The maximum Gasteiger partial charge on any atom is 0.261 e. The van der Waals surface area contributed by atoms with Gasteiger partial charge in [0.2, 0.25) is 5.91 Å². The predicted molar refractivity (Wildman–Crippen MR) is 92.8 cm³/mol. The van der Waals surface area contributed by atoms with Crippen molar-refractivity contribution in [2.45, 2.75) is 51.2 Å². The molecule has 2 aromatic rings. The van der Waals surface area contributed by atoms with Crippen LogP contribution in [0.4, 0.5) is 0 Å².